The van der Waals surface area contributed by atoms with Gasteiger partial charge in [-0.25, -0.2) is 19.4 Å². The lowest BCUT2D eigenvalue weighted by atomic mass is 10.0. The molecule has 0 bridgehead atoms. The summed E-state index contributed by atoms with van der Waals surface area (Å²) in [7, 11) is 0. The van der Waals surface area contributed by atoms with E-state index >= 15 is 0 Å². The standard InChI is InChI=1S/C27H30F3N7O4/c1-26(2,3)41-25(40)36-13-5-4-6-18(36)23-35-20(21(22(31)38)37(23)32)15-7-9-16(10-8-15)24(39)34-19-14-17(11-12-33-19)27(28,29)30/h7-12,14,18H,4-6,13,32H2,1-3H3,(H2,31,38)(H,33,34,39)/t18-/m0/s1. The third-order valence-electron chi connectivity index (χ3n) is 6.35. The molecular formula is C27H30F3N7O4. The lowest BCUT2D eigenvalue weighted by Crippen LogP contribution is -2.43. The molecule has 0 unspecified atom stereocenters. The molecule has 1 fully saturated rings. The van der Waals surface area contributed by atoms with E-state index in [1.807, 2.05) is 0 Å². The zero-order valence-electron chi connectivity index (χ0n) is 22.7. The number of primary amides is 1. The minimum Gasteiger partial charge on any atom is -0.444 e. The van der Waals surface area contributed by atoms with Crippen molar-refractivity contribution in [1.29, 1.82) is 0 Å². The van der Waals surface area contributed by atoms with Crippen LogP contribution in [0.3, 0.4) is 0 Å². The molecule has 218 valence electrons. The van der Waals surface area contributed by atoms with E-state index in [1.54, 1.807) is 20.8 Å². The third kappa shape index (κ3) is 6.58. The minimum absolute atomic E-state index is 0.0971. The summed E-state index contributed by atoms with van der Waals surface area (Å²) in [4.78, 5) is 47.9. The lowest BCUT2D eigenvalue weighted by molar-refractivity contribution is -0.137. The van der Waals surface area contributed by atoms with Crippen molar-refractivity contribution < 1.29 is 32.3 Å². The molecule has 1 saturated heterocycles. The van der Waals surface area contributed by atoms with E-state index in [9.17, 15) is 27.6 Å². The van der Waals surface area contributed by atoms with Crippen LogP contribution >= 0.6 is 0 Å². The Morgan fingerprint density at radius 2 is 1.76 bits per heavy atom. The van der Waals surface area contributed by atoms with Gasteiger partial charge in [-0.05, 0) is 64.3 Å². The maximum atomic E-state index is 13.0. The van der Waals surface area contributed by atoms with E-state index in [0.717, 1.165) is 35.8 Å². The van der Waals surface area contributed by atoms with Gasteiger partial charge in [-0.2, -0.15) is 13.2 Å². The van der Waals surface area contributed by atoms with E-state index < -0.39 is 41.3 Å². The number of amides is 3. The highest BCUT2D eigenvalue weighted by atomic mass is 19.4. The van der Waals surface area contributed by atoms with Gasteiger partial charge in [0.2, 0.25) is 0 Å². The number of halogens is 3. The van der Waals surface area contributed by atoms with Crippen molar-refractivity contribution in [3.8, 4) is 11.3 Å². The van der Waals surface area contributed by atoms with E-state index in [2.05, 4.69) is 15.3 Å². The van der Waals surface area contributed by atoms with Gasteiger partial charge in [0, 0.05) is 23.9 Å². The molecule has 5 N–H and O–H groups in total. The van der Waals surface area contributed by atoms with Gasteiger partial charge in [0.05, 0.1) is 11.6 Å². The van der Waals surface area contributed by atoms with E-state index in [-0.39, 0.29) is 28.6 Å². The number of nitrogen functional groups attached to an aromatic ring is 1. The van der Waals surface area contributed by atoms with Gasteiger partial charge < -0.3 is 21.6 Å². The highest BCUT2D eigenvalue weighted by Crippen LogP contribution is 2.35. The molecule has 0 spiro atoms. The second kappa shape index (κ2) is 11.1. The van der Waals surface area contributed by atoms with E-state index in [0.29, 0.717) is 18.5 Å². The third-order valence-corrected chi connectivity index (χ3v) is 6.35. The topological polar surface area (TPSA) is 158 Å². The number of hydrogen-bond acceptors (Lipinski definition) is 7. The van der Waals surface area contributed by atoms with Crippen molar-refractivity contribution >= 4 is 23.7 Å². The van der Waals surface area contributed by atoms with Crippen LogP contribution in [0, 0.1) is 0 Å². The normalized spacial score (nSPS) is 15.9. The van der Waals surface area contributed by atoms with Crippen molar-refractivity contribution in [2.75, 3.05) is 17.7 Å². The number of carbonyl (C=O) groups excluding carboxylic acids is 3. The number of likely N-dealkylation sites (tertiary alicyclic amines) is 1. The molecule has 1 aromatic carbocycles. The molecule has 3 heterocycles. The number of piperidine rings is 1. The first-order valence-corrected chi connectivity index (χ1v) is 12.8. The number of alkyl halides is 3. The average Bonchev–Trinajstić information content (AvgIpc) is 3.24. The number of carbonyl (C=O) groups is 3. The Balaban J connectivity index is 1.61. The average molecular weight is 574 g/mol. The number of benzene rings is 1. The van der Waals surface area contributed by atoms with Crippen molar-refractivity contribution in [2.24, 2.45) is 5.73 Å². The number of nitrogens with one attached hydrogen (secondary N) is 1. The summed E-state index contributed by atoms with van der Waals surface area (Å²) in [5.74, 6) is 4.73. The SMILES string of the molecule is CC(C)(C)OC(=O)N1CCCC[C@H]1c1nc(-c2ccc(C(=O)Nc3cc(C(F)(F)F)ccn3)cc2)c(C(N)=O)n1N. The monoisotopic (exact) mass is 573 g/mol. The van der Waals surface area contributed by atoms with Crippen LogP contribution in [0.1, 0.15) is 78.3 Å². The quantitative estimate of drug-likeness (QED) is 0.379. The summed E-state index contributed by atoms with van der Waals surface area (Å²) in [6, 6.07) is 6.77. The summed E-state index contributed by atoms with van der Waals surface area (Å²) in [5, 5.41) is 2.33. The van der Waals surface area contributed by atoms with Gasteiger partial charge in [-0.15, -0.1) is 0 Å². The summed E-state index contributed by atoms with van der Waals surface area (Å²) in [6.45, 7) is 5.70. The molecule has 1 aliphatic rings. The number of nitrogens with zero attached hydrogens (tertiary/aromatic N) is 4. The van der Waals surface area contributed by atoms with Crippen LogP contribution in [0.4, 0.5) is 23.8 Å². The van der Waals surface area contributed by atoms with Crippen molar-refractivity contribution in [2.45, 2.75) is 57.9 Å². The summed E-state index contributed by atoms with van der Waals surface area (Å²) < 4.78 is 45.6. The van der Waals surface area contributed by atoms with Crippen molar-refractivity contribution in [1.82, 2.24) is 19.5 Å². The number of hydrogen-bond donors (Lipinski definition) is 3. The highest BCUT2D eigenvalue weighted by molar-refractivity contribution is 6.04. The number of rotatable bonds is 5. The lowest BCUT2D eigenvalue weighted by Gasteiger charge is -2.36. The first kappa shape index (κ1) is 29.4. The highest BCUT2D eigenvalue weighted by Gasteiger charge is 2.36. The van der Waals surface area contributed by atoms with Gasteiger partial charge >= 0.3 is 12.3 Å². The Morgan fingerprint density at radius 1 is 1.07 bits per heavy atom. The number of nitrogens with two attached hydrogens (primary N) is 2. The van der Waals surface area contributed by atoms with Gasteiger partial charge in [-0.1, -0.05) is 12.1 Å². The Morgan fingerprint density at radius 3 is 2.37 bits per heavy atom. The fraction of sp³-hybridized carbons (Fsp3) is 0.370. The first-order valence-electron chi connectivity index (χ1n) is 12.8. The minimum atomic E-state index is -4.59. The van der Waals surface area contributed by atoms with Gasteiger partial charge in [0.15, 0.2) is 11.5 Å². The molecule has 2 aromatic heterocycles. The second-order valence-electron chi connectivity index (χ2n) is 10.5. The Bertz CT molecular complexity index is 1460. The molecule has 14 heteroatoms. The smallest absolute Gasteiger partial charge is 0.416 e. The number of aromatic nitrogens is 3. The Hall–Kier alpha value is -4.62. The fourth-order valence-corrected chi connectivity index (χ4v) is 4.50. The molecule has 1 aliphatic heterocycles. The van der Waals surface area contributed by atoms with Crippen LogP contribution in [0.25, 0.3) is 11.3 Å². The molecule has 0 saturated carbocycles. The molecule has 11 nitrogen and oxygen atoms in total. The largest absolute Gasteiger partial charge is 0.444 e. The molecule has 4 rings (SSSR count). The maximum absolute atomic E-state index is 13.0. The number of ether oxygens (including phenoxy) is 1. The van der Waals surface area contributed by atoms with Crippen LogP contribution < -0.4 is 16.9 Å². The summed E-state index contributed by atoms with van der Waals surface area (Å²) in [5.41, 5.74) is 4.55. The predicted octanol–water partition coefficient (Wildman–Crippen LogP) is 4.49. The second-order valence-corrected chi connectivity index (χ2v) is 10.5. The maximum Gasteiger partial charge on any atom is 0.416 e. The van der Waals surface area contributed by atoms with Crippen LogP contribution in [0.2, 0.25) is 0 Å². The molecule has 3 amide bonds. The van der Waals surface area contributed by atoms with Crippen LogP contribution in [0.15, 0.2) is 42.6 Å². The molecule has 0 radical (unpaired) electrons. The predicted molar refractivity (Wildman–Crippen MR) is 143 cm³/mol. The molecule has 1 atom stereocenters. The molecule has 41 heavy (non-hydrogen) atoms. The van der Waals surface area contributed by atoms with E-state index in [1.165, 1.54) is 29.2 Å². The molecule has 0 aliphatic carbocycles. The van der Waals surface area contributed by atoms with Gasteiger partial charge in [0.25, 0.3) is 11.8 Å². The number of anilines is 1. The van der Waals surface area contributed by atoms with E-state index in [4.69, 9.17) is 16.3 Å². The number of pyridine rings is 1. The Labute approximate surface area is 233 Å². The molecular weight excluding hydrogens is 543 g/mol. The van der Waals surface area contributed by atoms with Gasteiger partial charge in [0.1, 0.15) is 17.1 Å². The molecule has 3 aromatic rings. The fourth-order valence-electron chi connectivity index (χ4n) is 4.50. The van der Waals surface area contributed by atoms with Crippen LogP contribution in [0.5, 0.6) is 0 Å². The van der Waals surface area contributed by atoms with Crippen molar-refractivity contribution in [3.05, 3.63) is 65.2 Å². The first-order chi connectivity index (χ1) is 19.2. The number of imidazole rings is 1. The summed E-state index contributed by atoms with van der Waals surface area (Å²) >= 11 is 0. The zero-order chi connectivity index (χ0) is 30.1. The van der Waals surface area contributed by atoms with Gasteiger partial charge in [-0.3, -0.25) is 14.5 Å². The van der Waals surface area contributed by atoms with Crippen molar-refractivity contribution in [3.63, 3.8) is 0 Å². The summed E-state index contributed by atoms with van der Waals surface area (Å²) in [6.07, 6.45) is -2.08. The van der Waals surface area contributed by atoms with Crippen LogP contribution in [-0.2, 0) is 10.9 Å². The zero-order valence-corrected chi connectivity index (χ0v) is 22.7. The van der Waals surface area contributed by atoms with Crippen LogP contribution in [-0.4, -0.2) is 49.6 Å². The Kier molecular flexibility index (Phi) is 7.95.